The number of alkyl carbamates (subject to hydrolysis) is 1. The number of hydrogen-bond acceptors (Lipinski definition) is 5. The predicted molar refractivity (Wildman–Crippen MR) is 111 cm³/mol. The lowest BCUT2D eigenvalue weighted by atomic mass is 9.94. The van der Waals surface area contributed by atoms with Crippen LogP contribution in [-0.2, 0) is 20.8 Å². The fraction of sp³-hybridized carbons (Fsp3) is 0.636. The number of rotatable bonds is 7. The molecule has 7 nitrogen and oxygen atoms in total. The topological polar surface area (TPSA) is 77.1 Å². The van der Waals surface area contributed by atoms with Crippen molar-refractivity contribution in [2.45, 2.75) is 58.3 Å². The molecule has 1 aliphatic heterocycles. The summed E-state index contributed by atoms with van der Waals surface area (Å²) in [5.74, 6) is 0.348. The van der Waals surface area contributed by atoms with Crippen LogP contribution in [0.2, 0.25) is 0 Å². The highest BCUT2D eigenvalue weighted by atomic mass is 16.6. The van der Waals surface area contributed by atoms with Crippen LogP contribution in [0.1, 0.15) is 45.6 Å². The highest BCUT2D eigenvalue weighted by molar-refractivity contribution is 5.69. The number of likely N-dealkylation sites (N-methyl/N-ethyl adjacent to an activating group) is 1. The average Bonchev–Trinajstić information content (AvgIpc) is 2.69. The first-order chi connectivity index (χ1) is 13.7. The molecule has 1 unspecified atom stereocenters. The monoisotopic (exact) mass is 406 g/mol. The Labute approximate surface area is 173 Å². The highest BCUT2D eigenvalue weighted by Crippen LogP contribution is 2.22. The Morgan fingerprint density at radius 1 is 1.28 bits per heavy atom. The van der Waals surface area contributed by atoms with Crippen LogP contribution in [-0.4, -0.2) is 55.5 Å². The van der Waals surface area contributed by atoms with E-state index in [0.717, 1.165) is 31.4 Å². The molecule has 1 aromatic rings. The third-order valence-electron chi connectivity index (χ3n) is 4.78. The number of amides is 2. The largest absolute Gasteiger partial charge is 0.445 e. The van der Waals surface area contributed by atoms with Gasteiger partial charge in [0.1, 0.15) is 12.2 Å². The van der Waals surface area contributed by atoms with Gasteiger partial charge in [-0.2, -0.15) is 0 Å². The van der Waals surface area contributed by atoms with Crippen LogP contribution in [0.15, 0.2) is 30.3 Å². The maximum Gasteiger partial charge on any atom is 0.410 e. The van der Waals surface area contributed by atoms with Gasteiger partial charge < -0.3 is 24.4 Å². The van der Waals surface area contributed by atoms with Gasteiger partial charge >= 0.3 is 12.2 Å². The number of nitrogens with one attached hydrogen (secondary N) is 1. The Morgan fingerprint density at radius 3 is 2.62 bits per heavy atom. The lowest BCUT2D eigenvalue weighted by Crippen LogP contribution is -2.48. The van der Waals surface area contributed by atoms with Crippen molar-refractivity contribution in [2.75, 3.05) is 26.8 Å². The molecular formula is C22H34N2O5. The summed E-state index contributed by atoms with van der Waals surface area (Å²) in [7, 11) is 1.71. The summed E-state index contributed by atoms with van der Waals surface area (Å²) in [5, 5.41) is 2.79. The molecule has 0 radical (unpaired) electrons. The van der Waals surface area contributed by atoms with Crippen LogP contribution < -0.4 is 5.32 Å². The van der Waals surface area contributed by atoms with Crippen LogP contribution in [0, 0.1) is 5.92 Å². The molecule has 7 heteroatoms. The molecule has 0 saturated carbocycles. The third-order valence-corrected chi connectivity index (χ3v) is 4.78. The number of benzene rings is 1. The van der Waals surface area contributed by atoms with Crippen molar-refractivity contribution >= 4 is 12.2 Å². The molecule has 162 valence electrons. The minimum Gasteiger partial charge on any atom is -0.445 e. The van der Waals surface area contributed by atoms with Gasteiger partial charge in [0.15, 0.2) is 0 Å². The molecule has 1 N–H and O–H groups in total. The van der Waals surface area contributed by atoms with Gasteiger partial charge in [-0.1, -0.05) is 30.3 Å². The van der Waals surface area contributed by atoms with Gasteiger partial charge in [-0.3, -0.25) is 0 Å². The van der Waals surface area contributed by atoms with Crippen LogP contribution in [0.5, 0.6) is 0 Å². The maximum atomic E-state index is 12.5. The Hall–Kier alpha value is -2.28. The Balaban J connectivity index is 1.90. The van der Waals surface area contributed by atoms with E-state index in [1.165, 1.54) is 0 Å². The predicted octanol–water partition coefficient (Wildman–Crippen LogP) is 3.97. The molecule has 0 aromatic heterocycles. The summed E-state index contributed by atoms with van der Waals surface area (Å²) in [6, 6.07) is 9.30. The van der Waals surface area contributed by atoms with Gasteiger partial charge in [0.2, 0.25) is 0 Å². The Kier molecular flexibility index (Phi) is 8.76. The molecule has 2 amide bonds. The zero-order chi connectivity index (χ0) is 21.3. The summed E-state index contributed by atoms with van der Waals surface area (Å²) in [5.41, 5.74) is 0.343. The molecule has 2 rings (SSSR count). The van der Waals surface area contributed by atoms with Gasteiger partial charge in [-0.25, -0.2) is 9.59 Å². The number of carbonyl (C=O) groups is 2. The molecule has 1 fully saturated rings. The van der Waals surface area contributed by atoms with Crippen molar-refractivity contribution in [3.8, 4) is 0 Å². The second kappa shape index (κ2) is 11.0. The molecule has 1 aromatic carbocycles. The third kappa shape index (κ3) is 8.73. The summed E-state index contributed by atoms with van der Waals surface area (Å²) in [6.45, 7) is 7.46. The molecule has 0 bridgehead atoms. The molecule has 1 saturated heterocycles. The molecule has 29 heavy (non-hydrogen) atoms. The lowest BCUT2D eigenvalue weighted by Gasteiger charge is -2.34. The number of carbonyl (C=O) groups excluding carboxylic acids is 2. The fourth-order valence-corrected chi connectivity index (χ4v) is 3.21. The van der Waals surface area contributed by atoms with Crippen LogP contribution in [0.4, 0.5) is 9.59 Å². The molecule has 1 heterocycles. The highest BCUT2D eigenvalue weighted by Gasteiger charge is 2.28. The number of nitrogens with zero attached hydrogens (tertiary/aromatic N) is 1. The normalized spacial score (nSPS) is 17.9. The van der Waals surface area contributed by atoms with E-state index in [2.05, 4.69) is 5.32 Å². The van der Waals surface area contributed by atoms with Crippen molar-refractivity contribution in [3.05, 3.63) is 35.9 Å². The summed E-state index contributed by atoms with van der Waals surface area (Å²) in [4.78, 5) is 26.2. The summed E-state index contributed by atoms with van der Waals surface area (Å²) in [6.07, 6.45) is 1.89. The lowest BCUT2D eigenvalue weighted by molar-refractivity contribution is 0.0111. The number of ether oxygens (including phenoxy) is 3. The van der Waals surface area contributed by atoms with Gasteiger partial charge in [0.05, 0.1) is 6.04 Å². The standard InChI is InChI=1S/C22H34N2O5/c1-22(2,3)29-21(26)24(4)19(13-18-11-8-12-27-15-18)14-23-20(25)28-16-17-9-6-5-7-10-17/h5-7,9-10,18-19H,8,11-16H2,1-4H3,(H,23,25)/t18-,19?/m0/s1. The van der Waals surface area contributed by atoms with E-state index >= 15 is 0 Å². The first kappa shape index (κ1) is 23.0. The second-order valence-corrected chi connectivity index (χ2v) is 8.51. The van der Waals surface area contributed by atoms with E-state index in [0.29, 0.717) is 19.1 Å². The van der Waals surface area contributed by atoms with Crippen LogP contribution >= 0.6 is 0 Å². The van der Waals surface area contributed by atoms with Crippen LogP contribution in [0.25, 0.3) is 0 Å². The fourth-order valence-electron chi connectivity index (χ4n) is 3.21. The van der Waals surface area contributed by atoms with E-state index < -0.39 is 17.8 Å². The van der Waals surface area contributed by atoms with Crippen LogP contribution in [0.3, 0.4) is 0 Å². The minimum atomic E-state index is -0.577. The van der Waals surface area contributed by atoms with Gasteiger partial charge in [-0.05, 0) is 51.5 Å². The Bertz CT molecular complexity index is 638. The van der Waals surface area contributed by atoms with E-state index in [1.807, 2.05) is 51.1 Å². The quantitative estimate of drug-likeness (QED) is 0.741. The first-order valence-electron chi connectivity index (χ1n) is 10.2. The smallest absolute Gasteiger partial charge is 0.410 e. The molecule has 0 spiro atoms. The van der Waals surface area contributed by atoms with E-state index in [9.17, 15) is 9.59 Å². The SMILES string of the molecule is CN(C(=O)OC(C)(C)C)C(CNC(=O)OCc1ccccc1)C[C@@H]1CCCOC1. The zero-order valence-electron chi connectivity index (χ0n) is 18.0. The van der Waals surface area contributed by atoms with Gasteiger partial charge in [0, 0.05) is 26.8 Å². The second-order valence-electron chi connectivity index (χ2n) is 8.51. The maximum absolute atomic E-state index is 12.5. The zero-order valence-corrected chi connectivity index (χ0v) is 18.0. The van der Waals surface area contributed by atoms with E-state index in [4.69, 9.17) is 14.2 Å². The van der Waals surface area contributed by atoms with Crippen molar-refractivity contribution in [1.82, 2.24) is 10.2 Å². The first-order valence-corrected chi connectivity index (χ1v) is 10.2. The minimum absolute atomic E-state index is 0.204. The number of hydrogen-bond donors (Lipinski definition) is 1. The van der Waals surface area contributed by atoms with Crippen molar-refractivity contribution in [1.29, 1.82) is 0 Å². The van der Waals surface area contributed by atoms with Gasteiger partial charge in [0.25, 0.3) is 0 Å². The van der Waals surface area contributed by atoms with Crippen molar-refractivity contribution in [2.24, 2.45) is 5.92 Å². The van der Waals surface area contributed by atoms with Gasteiger partial charge in [-0.15, -0.1) is 0 Å². The van der Waals surface area contributed by atoms with E-state index in [-0.39, 0.29) is 12.6 Å². The van der Waals surface area contributed by atoms with E-state index in [1.54, 1.807) is 11.9 Å². The summed E-state index contributed by atoms with van der Waals surface area (Å²) >= 11 is 0. The van der Waals surface area contributed by atoms with Crippen molar-refractivity contribution < 1.29 is 23.8 Å². The summed E-state index contributed by atoms with van der Waals surface area (Å²) < 4.78 is 16.3. The molecular weight excluding hydrogens is 372 g/mol. The molecule has 0 aliphatic carbocycles. The molecule has 2 atom stereocenters. The average molecular weight is 407 g/mol. The molecule has 1 aliphatic rings. The van der Waals surface area contributed by atoms with Crippen molar-refractivity contribution in [3.63, 3.8) is 0 Å². The Morgan fingerprint density at radius 2 is 2.00 bits per heavy atom.